The Hall–Kier alpha value is -1.98. The highest BCUT2D eigenvalue weighted by atomic mass is 32.2. The van der Waals surface area contributed by atoms with Gasteiger partial charge >= 0.3 is 6.03 Å². The number of hydrogen-bond donors (Lipinski definition) is 2. The number of benzene rings is 2. The lowest BCUT2D eigenvalue weighted by molar-refractivity contribution is 0.236. The molecule has 0 bridgehead atoms. The summed E-state index contributed by atoms with van der Waals surface area (Å²) >= 11 is 1.87. The zero-order valence-electron chi connectivity index (χ0n) is 15.6. The first kappa shape index (κ1) is 18.4. The van der Waals surface area contributed by atoms with Gasteiger partial charge in [-0.2, -0.15) is 0 Å². The highest BCUT2D eigenvalue weighted by molar-refractivity contribution is 7.99. The minimum absolute atomic E-state index is 0.0911. The standard InChI is InChI=1S/C22H27N3OS/c26-22(24-20-10-13-27-21-9-2-1-8-19(20)21)23-15-17-6-5-7-18(14-17)16-25-11-3-4-12-25/h1-2,5-9,14,20H,3-4,10-13,15-16H2,(H2,23,24,26)/t20-/m0/s1. The van der Waals surface area contributed by atoms with E-state index in [4.69, 9.17) is 0 Å². The number of thioether (sulfide) groups is 1. The third-order valence-corrected chi connectivity index (χ3v) is 6.44. The lowest BCUT2D eigenvalue weighted by Gasteiger charge is -2.26. The third kappa shape index (κ3) is 4.85. The van der Waals surface area contributed by atoms with Crippen LogP contribution in [0.4, 0.5) is 4.79 Å². The fraction of sp³-hybridized carbons (Fsp3) is 0.409. The smallest absolute Gasteiger partial charge is 0.315 e. The Labute approximate surface area is 165 Å². The first-order valence-electron chi connectivity index (χ1n) is 9.84. The van der Waals surface area contributed by atoms with Gasteiger partial charge in [0.05, 0.1) is 6.04 Å². The molecule has 0 saturated carbocycles. The zero-order chi connectivity index (χ0) is 18.5. The van der Waals surface area contributed by atoms with E-state index in [0.29, 0.717) is 6.54 Å². The maximum Gasteiger partial charge on any atom is 0.315 e. The molecular weight excluding hydrogens is 354 g/mol. The van der Waals surface area contributed by atoms with Crippen molar-refractivity contribution in [3.63, 3.8) is 0 Å². The van der Waals surface area contributed by atoms with Crippen LogP contribution in [0.25, 0.3) is 0 Å². The van der Waals surface area contributed by atoms with Gasteiger partial charge in [0, 0.05) is 23.7 Å². The summed E-state index contributed by atoms with van der Waals surface area (Å²) < 4.78 is 0. The summed E-state index contributed by atoms with van der Waals surface area (Å²) in [4.78, 5) is 16.2. The van der Waals surface area contributed by atoms with Crippen molar-refractivity contribution in [3.8, 4) is 0 Å². The topological polar surface area (TPSA) is 44.4 Å². The molecule has 0 aliphatic carbocycles. The minimum atomic E-state index is -0.0911. The molecule has 142 valence electrons. The van der Waals surface area contributed by atoms with Crippen LogP contribution in [-0.4, -0.2) is 29.8 Å². The van der Waals surface area contributed by atoms with Gasteiger partial charge in [-0.05, 0) is 55.1 Å². The van der Waals surface area contributed by atoms with E-state index in [2.05, 4.69) is 58.0 Å². The summed E-state index contributed by atoms with van der Waals surface area (Å²) in [7, 11) is 0. The fourth-order valence-electron chi connectivity index (χ4n) is 3.92. The molecule has 2 aromatic rings. The predicted octanol–water partition coefficient (Wildman–Crippen LogP) is 4.32. The van der Waals surface area contributed by atoms with Gasteiger partial charge in [-0.3, -0.25) is 4.90 Å². The molecule has 5 heteroatoms. The predicted molar refractivity (Wildman–Crippen MR) is 111 cm³/mol. The number of carbonyl (C=O) groups is 1. The molecule has 2 aliphatic heterocycles. The molecular formula is C22H27N3OS. The molecule has 0 radical (unpaired) electrons. The van der Waals surface area contributed by atoms with Crippen LogP contribution >= 0.6 is 11.8 Å². The molecule has 27 heavy (non-hydrogen) atoms. The second kappa shape index (κ2) is 8.81. The maximum absolute atomic E-state index is 12.4. The van der Waals surface area contributed by atoms with E-state index < -0.39 is 0 Å². The van der Waals surface area contributed by atoms with Crippen molar-refractivity contribution in [2.45, 2.75) is 43.3 Å². The van der Waals surface area contributed by atoms with Gasteiger partial charge in [0.25, 0.3) is 0 Å². The number of hydrogen-bond acceptors (Lipinski definition) is 3. The van der Waals surface area contributed by atoms with E-state index >= 15 is 0 Å². The molecule has 0 unspecified atom stereocenters. The van der Waals surface area contributed by atoms with Crippen molar-refractivity contribution in [2.75, 3.05) is 18.8 Å². The molecule has 4 nitrogen and oxygen atoms in total. The van der Waals surface area contributed by atoms with Gasteiger partial charge in [0.1, 0.15) is 0 Å². The lowest BCUT2D eigenvalue weighted by atomic mass is 10.0. The van der Waals surface area contributed by atoms with Crippen molar-refractivity contribution in [1.82, 2.24) is 15.5 Å². The SMILES string of the molecule is O=C(NCc1cccc(CN2CCCC2)c1)N[C@H]1CCSc2ccccc21. The summed E-state index contributed by atoms with van der Waals surface area (Å²) in [5.74, 6) is 1.04. The van der Waals surface area contributed by atoms with Crippen molar-refractivity contribution in [3.05, 3.63) is 65.2 Å². The van der Waals surface area contributed by atoms with E-state index in [9.17, 15) is 4.79 Å². The number of amides is 2. The molecule has 2 aromatic carbocycles. The average Bonchev–Trinajstić information content (AvgIpc) is 3.20. The molecule has 0 spiro atoms. The number of nitrogens with one attached hydrogen (secondary N) is 2. The number of rotatable bonds is 5. The minimum Gasteiger partial charge on any atom is -0.334 e. The fourth-order valence-corrected chi connectivity index (χ4v) is 5.05. The van der Waals surface area contributed by atoms with Crippen LogP contribution in [0.2, 0.25) is 0 Å². The van der Waals surface area contributed by atoms with Crippen molar-refractivity contribution in [2.24, 2.45) is 0 Å². The Kier molecular flexibility index (Phi) is 6.00. The van der Waals surface area contributed by atoms with E-state index in [1.54, 1.807) is 0 Å². The molecule has 2 aliphatic rings. The summed E-state index contributed by atoms with van der Waals surface area (Å²) in [6.45, 7) is 3.97. The summed E-state index contributed by atoms with van der Waals surface area (Å²) in [6.07, 6.45) is 3.59. The Bertz CT molecular complexity index is 789. The lowest BCUT2D eigenvalue weighted by Crippen LogP contribution is -2.38. The van der Waals surface area contributed by atoms with Crippen LogP contribution in [0, 0.1) is 0 Å². The first-order chi connectivity index (χ1) is 13.3. The van der Waals surface area contributed by atoms with E-state index in [-0.39, 0.29) is 12.1 Å². The molecule has 0 aromatic heterocycles. The van der Waals surface area contributed by atoms with Crippen LogP contribution in [-0.2, 0) is 13.1 Å². The highest BCUT2D eigenvalue weighted by Gasteiger charge is 2.21. The summed E-state index contributed by atoms with van der Waals surface area (Å²) in [6, 6.07) is 16.9. The number of nitrogens with zero attached hydrogens (tertiary/aromatic N) is 1. The quantitative estimate of drug-likeness (QED) is 0.811. The molecule has 1 fully saturated rings. The largest absolute Gasteiger partial charge is 0.334 e. The number of carbonyl (C=O) groups excluding carboxylic acids is 1. The van der Waals surface area contributed by atoms with Gasteiger partial charge in [0.2, 0.25) is 0 Å². The van der Waals surface area contributed by atoms with E-state index in [0.717, 1.165) is 24.3 Å². The monoisotopic (exact) mass is 381 g/mol. The third-order valence-electron chi connectivity index (χ3n) is 5.31. The van der Waals surface area contributed by atoms with Crippen LogP contribution in [0.15, 0.2) is 53.4 Å². The van der Waals surface area contributed by atoms with Crippen molar-refractivity contribution < 1.29 is 4.79 Å². The van der Waals surface area contributed by atoms with Gasteiger partial charge in [-0.15, -0.1) is 11.8 Å². The van der Waals surface area contributed by atoms with E-state index in [1.807, 2.05) is 17.8 Å². The molecule has 1 atom stereocenters. The molecule has 2 heterocycles. The number of likely N-dealkylation sites (tertiary alicyclic amines) is 1. The van der Waals surface area contributed by atoms with Crippen molar-refractivity contribution in [1.29, 1.82) is 0 Å². The maximum atomic E-state index is 12.4. The Morgan fingerprint density at radius 2 is 1.89 bits per heavy atom. The van der Waals surface area contributed by atoms with Crippen LogP contribution in [0.3, 0.4) is 0 Å². The van der Waals surface area contributed by atoms with Gasteiger partial charge in [-0.25, -0.2) is 4.79 Å². The summed E-state index contributed by atoms with van der Waals surface area (Å²) in [5, 5.41) is 6.17. The zero-order valence-corrected chi connectivity index (χ0v) is 16.4. The highest BCUT2D eigenvalue weighted by Crippen LogP contribution is 2.35. The van der Waals surface area contributed by atoms with Gasteiger partial charge in [0.15, 0.2) is 0 Å². The van der Waals surface area contributed by atoms with Gasteiger partial charge < -0.3 is 10.6 Å². The Morgan fingerprint density at radius 3 is 2.78 bits per heavy atom. The molecule has 1 saturated heterocycles. The van der Waals surface area contributed by atoms with E-state index in [1.165, 1.54) is 42.0 Å². The Balaban J connectivity index is 1.31. The normalized spacial score (nSPS) is 19.5. The molecule has 4 rings (SSSR count). The average molecular weight is 382 g/mol. The summed E-state index contributed by atoms with van der Waals surface area (Å²) in [5.41, 5.74) is 3.72. The van der Waals surface area contributed by atoms with Gasteiger partial charge in [-0.1, -0.05) is 42.5 Å². The van der Waals surface area contributed by atoms with Crippen LogP contribution in [0.1, 0.15) is 42.0 Å². The van der Waals surface area contributed by atoms with Crippen LogP contribution in [0.5, 0.6) is 0 Å². The second-order valence-corrected chi connectivity index (χ2v) is 8.49. The second-order valence-electron chi connectivity index (χ2n) is 7.36. The van der Waals surface area contributed by atoms with Crippen molar-refractivity contribution >= 4 is 17.8 Å². The first-order valence-corrected chi connectivity index (χ1v) is 10.8. The number of urea groups is 1. The Morgan fingerprint density at radius 1 is 1.07 bits per heavy atom. The van der Waals surface area contributed by atoms with Crippen LogP contribution < -0.4 is 10.6 Å². The molecule has 2 N–H and O–H groups in total. The molecule has 2 amide bonds. The number of fused-ring (bicyclic) bond motifs is 1.